The van der Waals surface area contributed by atoms with Gasteiger partial charge in [-0.3, -0.25) is 14.6 Å². The van der Waals surface area contributed by atoms with Crippen molar-refractivity contribution in [3.8, 4) is 6.07 Å². The SMILES string of the molecule is CCN1C(=O)N(C2Cc3ccccc3C2)C(=O)C12CCN(Cc1ccc(C#N)cc1)CC2. The van der Waals surface area contributed by atoms with Crippen molar-refractivity contribution in [1.82, 2.24) is 14.7 Å². The normalized spacial score (nSPS) is 20.8. The van der Waals surface area contributed by atoms with Crippen molar-refractivity contribution in [2.75, 3.05) is 19.6 Å². The van der Waals surface area contributed by atoms with Gasteiger partial charge in [0.25, 0.3) is 5.91 Å². The average Bonchev–Trinajstić information content (AvgIpc) is 3.32. The second-order valence-electron chi connectivity index (χ2n) is 9.15. The molecule has 1 aliphatic carbocycles. The van der Waals surface area contributed by atoms with E-state index in [0.717, 1.165) is 38.0 Å². The first-order chi connectivity index (χ1) is 15.6. The molecule has 2 aromatic rings. The van der Waals surface area contributed by atoms with E-state index in [9.17, 15) is 9.59 Å². The van der Waals surface area contributed by atoms with Crippen molar-refractivity contribution in [2.45, 2.75) is 50.7 Å². The largest absolute Gasteiger partial charge is 0.327 e. The number of fused-ring (bicyclic) bond motifs is 1. The number of carbonyl (C=O) groups is 2. The zero-order valence-electron chi connectivity index (χ0n) is 18.5. The van der Waals surface area contributed by atoms with Crippen LogP contribution in [0.25, 0.3) is 0 Å². The zero-order chi connectivity index (χ0) is 22.3. The highest BCUT2D eigenvalue weighted by Crippen LogP contribution is 2.40. The van der Waals surface area contributed by atoms with Gasteiger partial charge in [-0.05, 0) is 61.4 Å². The van der Waals surface area contributed by atoms with Crippen molar-refractivity contribution in [3.05, 3.63) is 70.8 Å². The smallest absolute Gasteiger partial charge is 0.310 e. The summed E-state index contributed by atoms with van der Waals surface area (Å²) in [5.74, 6) is 0.000166. The van der Waals surface area contributed by atoms with Gasteiger partial charge >= 0.3 is 6.03 Å². The second-order valence-corrected chi connectivity index (χ2v) is 9.15. The lowest BCUT2D eigenvalue weighted by Crippen LogP contribution is -2.56. The maximum atomic E-state index is 13.7. The summed E-state index contributed by atoms with van der Waals surface area (Å²) in [6, 6.07) is 17.9. The Bertz CT molecular complexity index is 1050. The third-order valence-corrected chi connectivity index (χ3v) is 7.45. The maximum absolute atomic E-state index is 13.7. The van der Waals surface area contributed by atoms with Crippen LogP contribution in [0.1, 0.15) is 42.0 Å². The molecule has 1 spiro atoms. The molecule has 0 saturated carbocycles. The number of amides is 3. The van der Waals surface area contributed by atoms with Gasteiger partial charge < -0.3 is 4.90 Å². The van der Waals surface area contributed by atoms with Gasteiger partial charge in [0.1, 0.15) is 5.54 Å². The molecule has 3 aliphatic rings. The fourth-order valence-corrected chi connectivity index (χ4v) is 5.73. The molecule has 164 valence electrons. The predicted molar refractivity (Wildman–Crippen MR) is 121 cm³/mol. The van der Waals surface area contributed by atoms with E-state index in [0.29, 0.717) is 24.9 Å². The van der Waals surface area contributed by atoms with E-state index in [1.807, 2.05) is 48.2 Å². The summed E-state index contributed by atoms with van der Waals surface area (Å²) < 4.78 is 0. The molecule has 0 bridgehead atoms. The molecule has 0 atom stereocenters. The molecular weight excluding hydrogens is 400 g/mol. The molecule has 0 N–H and O–H groups in total. The molecule has 2 saturated heterocycles. The van der Waals surface area contributed by atoms with E-state index < -0.39 is 5.54 Å². The van der Waals surface area contributed by atoms with E-state index >= 15 is 0 Å². The van der Waals surface area contributed by atoms with Gasteiger partial charge in [-0.1, -0.05) is 36.4 Å². The Hall–Kier alpha value is -3.17. The van der Waals surface area contributed by atoms with Crippen LogP contribution in [-0.2, 0) is 24.2 Å². The van der Waals surface area contributed by atoms with Crippen LogP contribution < -0.4 is 0 Å². The number of likely N-dealkylation sites (tertiary alicyclic amines) is 1. The zero-order valence-corrected chi connectivity index (χ0v) is 18.5. The lowest BCUT2D eigenvalue weighted by atomic mass is 9.85. The van der Waals surface area contributed by atoms with Crippen molar-refractivity contribution < 1.29 is 9.59 Å². The third-order valence-electron chi connectivity index (χ3n) is 7.45. The van der Waals surface area contributed by atoms with Crippen molar-refractivity contribution in [3.63, 3.8) is 0 Å². The van der Waals surface area contributed by atoms with E-state index in [1.165, 1.54) is 11.1 Å². The van der Waals surface area contributed by atoms with Crippen LogP contribution in [0.3, 0.4) is 0 Å². The first-order valence-corrected chi connectivity index (χ1v) is 11.5. The highest BCUT2D eigenvalue weighted by molar-refractivity contribution is 6.07. The van der Waals surface area contributed by atoms with Gasteiger partial charge in [0.05, 0.1) is 11.6 Å². The first kappa shape index (κ1) is 20.7. The predicted octanol–water partition coefficient (Wildman–Crippen LogP) is 3.34. The van der Waals surface area contributed by atoms with Gasteiger partial charge in [0, 0.05) is 32.2 Å². The lowest BCUT2D eigenvalue weighted by Gasteiger charge is -2.42. The highest BCUT2D eigenvalue weighted by atomic mass is 16.2. The number of piperidine rings is 1. The fourth-order valence-electron chi connectivity index (χ4n) is 5.73. The molecule has 0 aromatic heterocycles. The number of urea groups is 1. The standard InChI is InChI=1S/C26H28N4O2/c1-2-29-25(32)30(23-15-21-5-3-4-6-22(21)16-23)24(31)26(29)11-13-28(14-12-26)18-20-9-7-19(17-27)8-10-20/h3-10,23H,2,11-16,18H2,1H3. The molecular formula is C26H28N4O2. The van der Waals surface area contributed by atoms with Crippen molar-refractivity contribution in [2.24, 2.45) is 0 Å². The van der Waals surface area contributed by atoms with Crippen molar-refractivity contribution >= 4 is 11.9 Å². The Labute approximate surface area is 189 Å². The minimum atomic E-state index is -0.707. The number of hydrogen-bond acceptors (Lipinski definition) is 4. The molecule has 6 heteroatoms. The van der Waals surface area contributed by atoms with Crippen LogP contribution in [0.15, 0.2) is 48.5 Å². The third kappa shape index (κ3) is 3.28. The topological polar surface area (TPSA) is 67.7 Å². The van der Waals surface area contributed by atoms with E-state index in [1.54, 1.807) is 4.90 Å². The van der Waals surface area contributed by atoms with E-state index in [2.05, 4.69) is 23.1 Å². The second kappa shape index (κ2) is 8.07. The summed E-state index contributed by atoms with van der Waals surface area (Å²) in [6.45, 7) is 4.86. The Morgan fingerprint density at radius 3 is 2.19 bits per heavy atom. The average molecular weight is 429 g/mol. The number of imide groups is 1. The fraction of sp³-hybridized carbons (Fsp3) is 0.423. The van der Waals surface area contributed by atoms with Gasteiger partial charge in [-0.15, -0.1) is 0 Å². The summed E-state index contributed by atoms with van der Waals surface area (Å²) in [7, 11) is 0. The molecule has 0 radical (unpaired) electrons. The molecule has 2 aromatic carbocycles. The molecule has 3 amide bonds. The van der Waals surface area contributed by atoms with Crippen LogP contribution in [0.5, 0.6) is 0 Å². The number of likely N-dealkylation sites (N-methyl/N-ethyl adjacent to an activating group) is 1. The van der Waals surface area contributed by atoms with Crippen LogP contribution in [0.4, 0.5) is 4.79 Å². The van der Waals surface area contributed by atoms with Crippen LogP contribution in [-0.4, -0.2) is 57.9 Å². The van der Waals surface area contributed by atoms with Gasteiger partial charge in [-0.2, -0.15) is 5.26 Å². The summed E-state index contributed by atoms with van der Waals surface area (Å²) in [6.07, 6.45) is 2.84. The van der Waals surface area contributed by atoms with Gasteiger partial charge in [-0.25, -0.2) is 4.79 Å². The first-order valence-electron chi connectivity index (χ1n) is 11.5. The summed E-state index contributed by atoms with van der Waals surface area (Å²) >= 11 is 0. The number of carbonyl (C=O) groups excluding carboxylic acids is 2. The Kier molecular flexibility index (Phi) is 5.22. The van der Waals surface area contributed by atoms with Gasteiger partial charge in [0.2, 0.25) is 0 Å². The Balaban J connectivity index is 1.30. The molecule has 6 nitrogen and oxygen atoms in total. The van der Waals surface area contributed by atoms with Crippen LogP contribution >= 0.6 is 0 Å². The summed E-state index contributed by atoms with van der Waals surface area (Å²) in [5.41, 5.74) is 3.61. The Morgan fingerprint density at radius 2 is 1.62 bits per heavy atom. The van der Waals surface area contributed by atoms with Crippen LogP contribution in [0, 0.1) is 11.3 Å². The number of hydrogen-bond donors (Lipinski definition) is 0. The minimum absolute atomic E-state index is 0.000166. The maximum Gasteiger partial charge on any atom is 0.327 e. The molecule has 2 fully saturated rings. The summed E-state index contributed by atoms with van der Waals surface area (Å²) in [4.78, 5) is 32.9. The molecule has 32 heavy (non-hydrogen) atoms. The van der Waals surface area contributed by atoms with Crippen molar-refractivity contribution in [1.29, 1.82) is 5.26 Å². The molecule has 5 rings (SSSR count). The Morgan fingerprint density at radius 1 is 1.00 bits per heavy atom. The molecule has 2 aliphatic heterocycles. The highest BCUT2D eigenvalue weighted by Gasteiger charge is 2.59. The number of benzene rings is 2. The number of rotatable bonds is 4. The summed E-state index contributed by atoms with van der Waals surface area (Å²) in [5, 5.41) is 8.98. The number of nitrogens with zero attached hydrogens (tertiary/aromatic N) is 4. The van der Waals surface area contributed by atoms with E-state index in [4.69, 9.17) is 5.26 Å². The van der Waals surface area contributed by atoms with Crippen LogP contribution in [0.2, 0.25) is 0 Å². The lowest BCUT2D eigenvalue weighted by molar-refractivity contribution is -0.137. The number of nitriles is 1. The monoisotopic (exact) mass is 428 g/mol. The minimum Gasteiger partial charge on any atom is -0.310 e. The van der Waals surface area contributed by atoms with E-state index in [-0.39, 0.29) is 18.0 Å². The van der Waals surface area contributed by atoms with Gasteiger partial charge in [0.15, 0.2) is 0 Å². The quantitative estimate of drug-likeness (QED) is 0.701. The molecule has 2 heterocycles. The molecule has 0 unspecified atom stereocenters.